The quantitative estimate of drug-likeness (QED) is 0.578. The zero-order valence-electron chi connectivity index (χ0n) is 6.14. The normalized spacial score (nSPS) is 18.0. The van der Waals surface area contributed by atoms with Gasteiger partial charge in [-0.1, -0.05) is 0 Å². The van der Waals surface area contributed by atoms with Gasteiger partial charge in [0.15, 0.2) is 0 Å². The Morgan fingerprint density at radius 2 is 2.18 bits per heavy atom. The summed E-state index contributed by atoms with van der Waals surface area (Å²) in [5.74, 6) is -0.339. The van der Waals surface area contributed by atoms with Crippen LogP contribution in [-0.4, -0.2) is 42.4 Å². The first kappa shape index (κ1) is 8.35. The number of hydrogen-bond acceptors (Lipinski definition) is 4. The van der Waals surface area contributed by atoms with Crippen LogP contribution in [-0.2, 0) is 10.1 Å². The summed E-state index contributed by atoms with van der Waals surface area (Å²) in [4.78, 5) is 3.31. The van der Waals surface area contributed by atoms with Crippen molar-refractivity contribution in [2.45, 2.75) is 0 Å². The third kappa shape index (κ3) is 2.77. The molecule has 5 nitrogen and oxygen atoms in total. The second-order valence-electron chi connectivity index (χ2n) is 2.50. The van der Waals surface area contributed by atoms with Crippen LogP contribution in [0.2, 0.25) is 0 Å². The maximum Gasteiger partial charge on any atom is 0.283 e. The molecule has 0 aromatic carbocycles. The zero-order valence-corrected chi connectivity index (χ0v) is 6.95. The Kier molecular flexibility index (Phi) is 2.05. The first-order valence-electron chi connectivity index (χ1n) is 3.05. The first-order chi connectivity index (χ1) is 4.97. The molecular weight excluding hydrogens is 168 g/mol. The van der Waals surface area contributed by atoms with Crippen LogP contribution >= 0.6 is 0 Å². The molecule has 0 spiro atoms. The highest BCUT2D eigenvalue weighted by Gasteiger charge is 2.14. The lowest BCUT2D eigenvalue weighted by molar-refractivity contribution is 0.317. The SMILES string of the molecule is CN1C=CN(CS(=O)(=O)O)C1. The third-order valence-electron chi connectivity index (χ3n) is 1.27. The van der Waals surface area contributed by atoms with E-state index in [1.54, 1.807) is 12.4 Å². The van der Waals surface area contributed by atoms with Gasteiger partial charge in [-0.25, -0.2) is 0 Å². The van der Waals surface area contributed by atoms with Gasteiger partial charge in [0.1, 0.15) is 5.88 Å². The van der Waals surface area contributed by atoms with Gasteiger partial charge in [-0.3, -0.25) is 4.55 Å². The Morgan fingerprint density at radius 3 is 2.55 bits per heavy atom. The number of nitrogens with zero attached hydrogens (tertiary/aromatic N) is 2. The summed E-state index contributed by atoms with van der Waals surface area (Å²) in [5, 5.41) is 0. The molecule has 0 bridgehead atoms. The van der Waals surface area contributed by atoms with Crippen LogP contribution in [0.15, 0.2) is 12.4 Å². The summed E-state index contributed by atoms with van der Waals surface area (Å²) in [7, 11) is -2.06. The molecule has 1 rings (SSSR count). The van der Waals surface area contributed by atoms with Crippen molar-refractivity contribution in [2.24, 2.45) is 0 Å². The standard InChI is InChI=1S/C5H10N2O3S/c1-6-2-3-7(4-6)5-11(8,9)10/h2-3H,4-5H2,1H3,(H,8,9,10). The third-order valence-corrected chi connectivity index (χ3v) is 1.92. The molecule has 0 saturated carbocycles. The Hall–Kier alpha value is -0.750. The van der Waals surface area contributed by atoms with Crippen LogP contribution in [0.25, 0.3) is 0 Å². The van der Waals surface area contributed by atoms with Crippen molar-refractivity contribution < 1.29 is 13.0 Å². The van der Waals surface area contributed by atoms with Crippen LogP contribution in [0.5, 0.6) is 0 Å². The molecule has 0 radical (unpaired) electrons. The van der Waals surface area contributed by atoms with E-state index in [4.69, 9.17) is 4.55 Å². The summed E-state index contributed by atoms with van der Waals surface area (Å²) in [6.07, 6.45) is 3.36. The minimum absolute atomic E-state index is 0.339. The van der Waals surface area contributed by atoms with E-state index in [0.29, 0.717) is 6.67 Å². The second-order valence-corrected chi connectivity index (χ2v) is 3.92. The lowest BCUT2D eigenvalue weighted by atomic mass is 10.9. The van der Waals surface area contributed by atoms with Crippen molar-refractivity contribution in [3.63, 3.8) is 0 Å². The maximum atomic E-state index is 10.4. The molecule has 64 valence electrons. The van der Waals surface area contributed by atoms with Gasteiger partial charge in [-0.15, -0.1) is 0 Å². The summed E-state index contributed by atoms with van der Waals surface area (Å²) in [6, 6.07) is 0. The number of rotatable bonds is 2. The average molecular weight is 178 g/mol. The lowest BCUT2D eigenvalue weighted by Gasteiger charge is -2.15. The molecule has 0 aromatic heterocycles. The van der Waals surface area contributed by atoms with E-state index in [2.05, 4.69) is 0 Å². The highest BCUT2D eigenvalue weighted by molar-refractivity contribution is 7.85. The Bertz CT molecular complexity index is 259. The summed E-state index contributed by atoms with van der Waals surface area (Å²) in [6.45, 7) is 0.500. The molecule has 11 heavy (non-hydrogen) atoms. The van der Waals surface area contributed by atoms with Gasteiger partial charge in [-0.05, 0) is 0 Å². The van der Waals surface area contributed by atoms with E-state index < -0.39 is 10.1 Å². The van der Waals surface area contributed by atoms with E-state index in [-0.39, 0.29) is 5.88 Å². The molecule has 1 N–H and O–H groups in total. The van der Waals surface area contributed by atoms with E-state index >= 15 is 0 Å². The van der Waals surface area contributed by atoms with Gasteiger partial charge < -0.3 is 9.80 Å². The van der Waals surface area contributed by atoms with Crippen LogP contribution in [0, 0.1) is 0 Å². The van der Waals surface area contributed by atoms with E-state index in [1.165, 1.54) is 4.90 Å². The monoisotopic (exact) mass is 178 g/mol. The fourth-order valence-electron chi connectivity index (χ4n) is 0.882. The molecule has 0 atom stereocenters. The minimum Gasteiger partial charge on any atom is -0.362 e. The predicted octanol–water partition coefficient (Wildman–Crippen LogP) is -0.492. The van der Waals surface area contributed by atoms with Gasteiger partial charge >= 0.3 is 0 Å². The predicted molar refractivity (Wildman–Crippen MR) is 40.0 cm³/mol. The van der Waals surface area contributed by atoms with E-state index in [9.17, 15) is 8.42 Å². The maximum absolute atomic E-state index is 10.4. The zero-order chi connectivity index (χ0) is 8.48. The van der Waals surface area contributed by atoms with Gasteiger partial charge in [0.2, 0.25) is 0 Å². The smallest absolute Gasteiger partial charge is 0.283 e. The molecule has 1 heterocycles. The molecule has 0 unspecified atom stereocenters. The second kappa shape index (κ2) is 2.71. The Morgan fingerprint density at radius 1 is 1.55 bits per heavy atom. The molecule has 1 aliphatic rings. The highest BCUT2D eigenvalue weighted by Crippen LogP contribution is 2.04. The van der Waals surface area contributed by atoms with Crippen LogP contribution < -0.4 is 0 Å². The topological polar surface area (TPSA) is 60.9 Å². The molecule has 0 saturated heterocycles. The van der Waals surface area contributed by atoms with E-state index in [1.807, 2.05) is 11.9 Å². The van der Waals surface area contributed by atoms with E-state index in [0.717, 1.165) is 0 Å². The molecule has 1 aliphatic heterocycles. The van der Waals surface area contributed by atoms with Crippen LogP contribution in [0.4, 0.5) is 0 Å². The van der Waals surface area contributed by atoms with Crippen LogP contribution in [0.3, 0.4) is 0 Å². The van der Waals surface area contributed by atoms with Gasteiger partial charge in [0.25, 0.3) is 10.1 Å². The van der Waals surface area contributed by atoms with Gasteiger partial charge in [-0.2, -0.15) is 8.42 Å². The molecular formula is C5H10N2O3S. The summed E-state index contributed by atoms with van der Waals surface area (Å²) < 4.78 is 29.2. The average Bonchev–Trinajstić information content (AvgIpc) is 2.10. The molecule has 0 amide bonds. The first-order valence-corrected chi connectivity index (χ1v) is 4.66. The van der Waals surface area contributed by atoms with Crippen LogP contribution in [0.1, 0.15) is 0 Å². The lowest BCUT2D eigenvalue weighted by Crippen LogP contribution is -2.27. The highest BCUT2D eigenvalue weighted by atomic mass is 32.2. The fraction of sp³-hybridized carbons (Fsp3) is 0.600. The Labute approximate surface area is 65.7 Å². The molecule has 0 fully saturated rings. The minimum atomic E-state index is -3.88. The summed E-state index contributed by atoms with van der Waals surface area (Å²) in [5.41, 5.74) is 0. The molecule has 0 aliphatic carbocycles. The van der Waals surface area contributed by atoms with Crippen molar-refractivity contribution in [1.82, 2.24) is 9.80 Å². The summed E-state index contributed by atoms with van der Waals surface area (Å²) >= 11 is 0. The largest absolute Gasteiger partial charge is 0.362 e. The number of hydrogen-bond donors (Lipinski definition) is 1. The Balaban J connectivity index is 2.48. The van der Waals surface area contributed by atoms with Crippen molar-refractivity contribution in [2.75, 3.05) is 19.6 Å². The van der Waals surface area contributed by atoms with Crippen molar-refractivity contribution in [1.29, 1.82) is 0 Å². The molecule has 0 aromatic rings. The van der Waals surface area contributed by atoms with Gasteiger partial charge in [0.05, 0.1) is 6.67 Å². The molecule has 6 heteroatoms. The fourth-order valence-corrected chi connectivity index (χ4v) is 1.47. The van der Waals surface area contributed by atoms with Gasteiger partial charge in [0, 0.05) is 19.4 Å². The van der Waals surface area contributed by atoms with Crippen molar-refractivity contribution in [3.8, 4) is 0 Å². The van der Waals surface area contributed by atoms with Crippen molar-refractivity contribution in [3.05, 3.63) is 12.4 Å². The van der Waals surface area contributed by atoms with Crippen molar-refractivity contribution >= 4 is 10.1 Å².